The Morgan fingerprint density at radius 3 is 1.12 bits per heavy atom. The molecule has 0 amide bonds. The van der Waals surface area contributed by atoms with Gasteiger partial charge in [-0.3, -0.25) is 0 Å². The van der Waals surface area contributed by atoms with Crippen LogP contribution in [-0.2, 0) is 19.3 Å². The van der Waals surface area contributed by atoms with Crippen molar-refractivity contribution in [2.45, 2.75) is 19.3 Å². The first kappa shape index (κ1) is 21.8. The van der Waals surface area contributed by atoms with Crippen LogP contribution in [0.25, 0.3) is 30.6 Å². The lowest BCUT2D eigenvalue weighted by atomic mass is 10.3. The fourth-order valence-corrected chi connectivity index (χ4v) is 7.05. The summed E-state index contributed by atoms with van der Waals surface area (Å²) in [6.45, 7) is 2.99. The zero-order valence-corrected chi connectivity index (χ0v) is 21.1. The van der Waals surface area contributed by atoms with Gasteiger partial charge in [0, 0.05) is 38.9 Å². The molecule has 0 unspecified atom stereocenters. The van der Waals surface area contributed by atoms with Crippen molar-refractivity contribution in [1.29, 1.82) is 0 Å². The highest BCUT2D eigenvalue weighted by atomic mass is 32.1. The van der Waals surface area contributed by atoms with Crippen LogP contribution < -0.4 is 0 Å². The summed E-state index contributed by atoms with van der Waals surface area (Å²) in [6, 6.07) is 25.3. The van der Waals surface area contributed by atoms with E-state index in [9.17, 15) is 0 Å². The molecule has 0 bridgehead atoms. The molecule has 0 aliphatic heterocycles. The molecule has 3 heterocycles. The molecule has 0 radical (unpaired) electrons. The molecule has 34 heavy (non-hydrogen) atoms. The normalized spacial score (nSPS) is 11.9. The molecule has 0 aliphatic rings. The molecule has 3 aromatic heterocycles. The Labute approximate surface area is 210 Å². The monoisotopic (exact) mass is 500 g/mol. The van der Waals surface area contributed by atoms with Gasteiger partial charge < -0.3 is 4.90 Å². The average Bonchev–Trinajstić information content (AvgIpc) is 3.58. The second-order valence-electron chi connectivity index (χ2n) is 8.32. The lowest BCUT2D eigenvalue weighted by molar-refractivity contribution is 0.283. The topological polar surface area (TPSA) is 41.9 Å². The van der Waals surface area contributed by atoms with Gasteiger partial charge in [0.1, 0.15) is 0 Å². The number of para-hydroxylation sites is 3. The summed E-state index contributed by atoms with van der Waals surface area (Å²) in [7, 11) is 0. The van der Waals surface area contributed by atoms with Crippen LogP contribution in [0.15, 0.2) is 72.8 Å². The Morgan fingerprint density at radius 1 is 0.471 bits per heavy atom. The highest BCUT2D eigenvalue weighted by Gasteiger charge is 2.12. The van der Waals surface area contributed by atoms with Crippen LogP contribution in [0.3, 0.4) is 0 Å². The number of aromatic nitrogens is 3. The molecular formula is C27H24N4S3. The van der Waals surface area contributed by atoms with Crippen molar-refractivity contribution in [2.75, 3.05) is 19.6 Å². The van der Waals surface area contributed by atoms with Gasteiger partial charge in [0.05, 0.1) is 45.7 Å². The van der Waals surface area contributed by atoms with Gasteiger partial charge in [0.25, 0.3) is 0 Å². The van der Waals surface area contributed by atoms with Crippen molar-refractivity contribution in [3.63, 3.8) is 0 Å². The number of fused-ring (bicyclic) bond motifs is 3. The SMILES string of the molecule is c1ccc2sc(CCN(CCc3nc4ccccc4s3)CCc3nc4ccccc4s3)nc2c1. The Balaban J connectivity index is 1.15. The third kappa shape index (κ3) is 4.88. The van der Waals surface area contributed by atoms with Crippen molar-refractivity contribution in [1.82, 2.24) is 19.9 Å². The zero-order valence-electron chi connectivity index (χ0n) is 18.7. The Hall–Kier alpha value is -2.71. The van der Waals surface area contributed by atoms with Crippen LogP contribution in [0.4, 0.5) is 0 Å². The molecule has 170 valence electrons. The van der Waals surface area contributed by atoms with E-state index in [0.717, 1.165) is 55.4 Å². The maximum absolute atomic E-state index is 4.85. The van der Waals surface area contributed by atoms with E-state index in [2.05, 4.69) is 77.7 Å². The van der Waals surface area contributed by atoms with Crippen LogP contribution in [-0.4, -0.2) is 39.5 Å². The highest BCUT2D eigenvalue weighted by Crippen LogP contribution is 2.25. The van der Waals surface area contributed by atoms with Gasteiger partial charge in [-0.2, -0.15) is 0 Å². The average molecular weight is 501 g/mol. The quantitative estimate of drug-likeness (QED) is 0.218. The van der Waals surface area contributed by atoms with Crippen molar-refractivity contribution < 1.29 is 0 Å². The first-order valence-corrected chi connectivity index (χ1v) is 14.0. The van der Waals surface area contributed by atoms with Gasteiger partial charge >= 0.3 is 0 Å². The molecule has 0 saturated carbocycles. The lowest BCUT2D eigenvalue weighted by Gasteiger charge is -2.21. The van der Waals surface area contributed by atoms with E-state index in [-0.39, 0.29) is 0 Å². The van der Waals surface area contributed by atoms with E-state index >= 15 is 0 Å². The molecule has 0 saturated heterocycles. The number of rotatable bonds is 9. The molecule has 0 atom stereocenters. The van der Waals surface area contributed by atoms with Gasteiger partial charge in [0.2, 0.25) is 0 Å². The van der Waals surface area contributed by atoms with E-state index in [1.54, 1.807) is 0 Å². The standard InChI is InChI=1S/C27H24N4S3/c1-4-10-22-19(7-1)28-25(32-22)13-16-31(17-14-26-29-20-8-2-5-11-23(20)33-26)18-15-27-30-21-9-3-6-12-24(21)34-27/h1-12H,13-18H2. The van der Waals surface area contributed by atoms with Crippen molar-refractivity contribution in [3.8, 4) is 0 Å². The maximum atomic E-state index is 4.85. The molecular weight excluding hydrogens is 477 g/mol. The minimum Gasteiger partial charge on any atom is -0.302 e. The van der Waals surface area contributed by atoms with E-state index < -0.39 is 0 Å². The second-order valence-corrected chi connectivity index (χ2v) is 11.7. The van der Waals surface area contributed by atoms with Gasteiger partial charge in [-0.05, 0) is 36.4 Å². The van der Waals surface area contributed by atoms with Gasteiger partial charge in [-0.15, -0.1) is 34.0 Å². The van der Waals surface area contributed by atoms with Gasteiger partial charge in [0.15, 0.2) is 0 Å². The first-order chi connectivity index (χ1) is 16.8. The molecule has 6 rings (SSSR count). The number of benzene rings is 3. The fourth-order valence-electron chi connectivity index (χ4n) is 4.18. The molecule has 0 spiro atoms. The summed E-state index contributed by atoms with van der Waals surface area (Å²) in [5, 5.41) is 3.64. The second kappa shape index (κ2) is 9.88. The lowest BCUT2D eigenvalue weighted by Crippen LogP contribution is -2.30. The maximum Gasteiger partial charge on any atom is 0.0951 e. The largest absolute Gasteiger partial charge is 0.302 e. The van der Waals surface area contributed by atoms with E-state index in [1.807, 2.05) is 34.0 Å². The number of hydrogen-bond donors (Lipinski definition) is 0. The van der Waals surface area contributed by atoms with Crippen molar-refractivity contribution in [3.05, 3.63) is 87.8 Å². The van der Waals surface area contributed by atoms with Crippen molar-refractivity contribution >= 4 is 64.7 Å². The van der Waals surface area contributed by atoms with E-state index in [0.29, 0.717) is 0 Å². The molecule has 0 fully saturated rings. The van der Waals surface area contributed by atoms with Crippen LogP contribution in [0.2, 0.25) is 0 Å². The smallest absolute Gasteiger partial charge is 0.0951 e. The third-order valence-corrected chi connectivity index (χ3v) is 9.23. The summed E-state index contributed by atoms with van der Waals surface area (Å²) in [6.07, 6.45) is 2.91. The molecule has 4 nitrogen and oxygen atoms in total. The van der Waals surface area contributed by atoms with Crippen LogP contribution in [0, 0.1) is 0 Å². The van der Waals surface area contributed by atoms with E-state index in [1.165, 1.54) is 29.1 Å². The van der Waals surface area contributed by atoms with Gasteiger partial charge in [-0.25, -0.2) is 15.0 Å². The summed E-state index contributed by atoms with van der Waals surface area (Å²) in [4.78, 5) is 17.1. The highest BCUT2D eigenvalue weighted by molar-refractivity contribution is 7.19. The van der Waals surface area contributed by atoms with Crippen LogP contribution >= 0.6 is 34.0 Å². The Kier molecular flexibility index (Phi) is 6.33. The zero-order chi connectivity index (χ0) is 22.7. The first-order valence-electron chi connectivity index (χ1n) is 11.6. The Morgan fingerprint density at radius 2 is 0.794 bits per heavy atom. The number of thiazole rings is 3. The summed E-state index contributed by atoms with van der Waals surface area (Å²) in [5.41, 5.74) is 3.33. The van der Waals surface area contributed by atoms with Crippen molar-refractivity contribution in [2.24, 2.45) is 0 Å². The molecule has 6 aromatic rings. The molecule has 3 aromatic carbocycles. The number of hydrogen-bond acceptors (Lipinski definition) is 7. The fraction of sp³-hybridized carbons (Fsp3) is 0.222. The third-order valence-electron chi connectivity index (χ3n) is 5.94. The minimum absolute atomic E-state index is 0.971. The van der Waals surface area contributed by atoms with Gasteiger partial charge in [-0.1, -0.05) is 36.4 Å². The molecule has 0 aliphatic carbocycles. The van der Waals surface area contributed by atoms with E-state index in [4.69, 9.17) is 15.0 Å². The summed E-state index contributed by atoms with van der Waals surface area (Å²) >= 11 is 5.45. The number of nitrogens with zero attached hydrogens (tertiary/aromatic N) is 4. The van der Waals surface area contributed by atoms with Crippen LogP contribution in [0.5, 0.6) is 0 Å². The minimum atomic E-state index is 0.971. The molecule has 7 heteroatoms. The predicted molar refractivity (Wildman–Crippen MR) is 146 cm³/mol. The molecule has 0 N–H and O–H groups in total. The summed E-state index contributed by atoms with van der Waals surface area (Å²) < 4.78 is 3.81. The predicted octanol–water partition coefficient (Wildman–Crippen LogP) is 6.85. The Bertz CT molecular complexity index is 1260. The van der Waals surface area contributed by atoms with Crippen LogP contribution in [0.1, 0.15) is 15.0 Å². The summed E-state index contributed by atoms with van der Waals surface area (Å²) in [5.74, 6) is 0.